The molecule has 3 aromatic carbocycles. The van der Waals surface area contributed by atoms with Crippen molar-refractivity contribution in [1.82, 2.24) is 19.9 Å². The van der Waals surface area contributed by atoms with E-state index in [-0.39, 0.29) is 24.1 Å². The molecule has 0 atom stereocenters. The molecule has 0 unspecified atom stereocenters. The number of ether oxygens (including phenoxy) is 1. The second-order valence-corrected chi connectivity index (χ2v) is 9.21. The molecule has 0 fully saturated rings. The van der Waals surface area contributed by atoms with Gasteiger partial charge in [-0.15, -0.1) is 5.10 Å². The molecule has 0 spiro atoms. The van der Waals surface area contributed by atoms with Gasteiger partial charge < -0.3 is 20.7 Å². The Kier molecular flexibility index (Phi) is 8.19. The summed E-state index contributed by atoms with van der Waals surface area (Å²) in [5.74, 6) is 0.230. The van der Waals surface area contributed by atoms with Crippen LogP contribution in [0, 0.1) is 5.82 Å². The first-order valence-electron chi connectivity index (χ1n) is 13.2. The Morgan fingerprint density at radius 1 is 0.927 bits per heavy atom. The van der Waals surface area contributed by atoms with E-state index < -0.39 is 0 Å². The van der Waals surface area contributed by atoms with Crippen molar-refractivity contribution in [3.05, 3.63) is 102 Å². The van der Waals surface area contributed by atoms with E-state index in [1.54, 1.807) is 34.8 Å². The number of halogens is 1. The number of carbonyl (C=O) groups is 2. The molecule has 2 heterocycles. The summed E-state index contributed by atoms with van der Waals surface area (Å²) in [5, 5.41) is 13.4. The summed E-state index contributed by atoms with van der Waals surface area (Å²) < 4.78 is 20.5. The predicted octanol–water partition coefficient (Wildman–Crippen LogP) is 5.61. The molecule has 0 saturated heterocycles. The SMILES string of the molecule is CCNC(=O)c1ccc(Nc2nc3ccc(-c4ccc(NC(=O)Cc5ccc(F)cc5)cc4)cn3n2)c(OCC)c1. The highest BCUT2D eigenvalue weighted by atomic mass is 19.1. The van der Waals surface area contributed by atoms with Gasteiger partial charge in [-0.2, -0.15) is 4.98 Å². The number of amides is 2. The fourth-order valence-electron chi connectivity index (χ4n) is 4.27. The summed E-state index contributed by atoms with van der Waals surface area (Å²) in [5.41, 5.74) is 5.06. The number of fused-ring (bicyclic) bond motifs is 1. The maximum Gasteiger partial charge on any atom is 0.251 e. The average molecular weight is 553 g/mol. The first-order chi connectivity index (χ1) is 19.9. The maximum atomic E-state index is 13.1. The van der Waals surface area contributed by atoms with E-state index in [1.807, 2.05) is 56.4 Å². The monoisotopic (exact) mass is 552 g/mol. The van der Waals surface area contributed by atoms with Gasteiger partial charge in [-0.1, -0.05) is 24.3 Å². The lowest BCUT2D eigenvalue weighted by Gasteiger charge is -2.12. The van der Waals surface area contributed by atoms with Gasteiger partial charge >= 0.3 is 0 Å². The third-order valence-electron chi connectivity index (χ3n) is 6.24. The van der Waals surface area contributed by atoms with Gasteiger partial charge in [0.2, 0.25) is 11.9 Å². The zero-order chi connectivity index (χ0) is 28.8. The quantitative estimate of drug-likeness (QED) is 0.208. The second-order valence-electron chi connectivity index (χ2n) is 9.21. The van der Waals surface area contributed by atoms with E-state index in [1.165, 1.54) is 12.1 Å². The van der Waals surface area contributed by atoms with Gasteiger partial charge in [-0.25, -0.2) is 8.91 Å². The van der Waals surface area contributed by atoms with Crippen LogP contribution in [-0.4, -0.2) is 39.6 Å². The predicted molar refractivity (Wildman–Crippen MR) is 156 cm³/mol. The molecule has 41 heavy (non-hydrogen) atoms. The van der Waals surface area contributed by atoms with Crippen molar-refractivity contribution >= 4 is 34.8 Å². The number of rotatable bonds is 10. The third kappa shape index (κ3) is 6.67. The molecular formula is C31H29FN6O3. The van der Waals surface area contributed by atoms with Gasteiger partial charge in [0.05, 0.1) is 18.7 Å². The number of hydrogen-bond acceptors (Lipinski definition) is 6. The molecule has 0 aliphatic carbocycles. The normalized spacial score (nSPS) is 10.8. The smallest absolute Gasteiger partial charge is 0.251 e. The van der Waals surface area contributed by atoms with Crippen LogP contribution in [0.15, 0.2) is 85.1 Å². The zero-order valence-corrected chi connectivity index (χ0v) is 22.6. The van der Waals surface area contributed by atoms with E-state index >= 15 is 0 Å². The van der Waals surface area contributed by atoms with Crippen molar-refractivity contribution in [2.24, 2.45) is 0 Å². The van der Waals surface area contributed by atoms with E-state index in [2.05, 4.69) is 26.0 Å². The number of nitrogens with one attached hydrogen (secondary N) is 3. The number of aromatic nitrogens is 3. The highest BCUT2D eigenvalue weighted by Crippen LogP contribution is 2.29. The van der Waals surface area contributed by atoms with Crippen LogP contribution in [0.25, 0.3) is 16.8 Å². The van der Waals surface area contributed by atoms with Gasteiger partial charge in [0.1, 0.15) is 11.6 Å². The molecule has 3 N–H and O–H groups in total. The molecule has 5 aromatic rings. The molecule has 0 saturated carbocycles. The molecule has 2 aromatic heterocycles. The van der Waals surface area contributed by atoms with Crippen molar-refractivity contribution in [3.63, 3.8) is 0 Å². The van der Waals surface area contributed by atoms with Crippen molar-refractivity contribution in [2.75, 3.05) is 23.8 Å². The largest absolute Gasteiger partial charge is 0.492 e. The van der Waals surface area contributed by atoms with Gasteiger partial charge in [-0.3, -0.25) is 9.59 Å². The van der Waals surface area contributed by atoms with Crippen LogP contribution < -0.4 is 20.7 Å². The van der Waals surface area contributed by atoms with E-state index in [0.717, 1.165) is 16.7 Å². The van der Waals surface area contributed by atoms with Crippen molar-refractivity contribution < 1.29 is 18.7 Å². The number of anilines is 3. The average Bonchev–Trinajstić information content (AvgIpc) is 3.37. The van der Waals surface area contributed by atoms with Crippen molar-refractivity contribution in [2.45, 2.75) is 20.3 Å². The molecule has 0 bridgehead atoms. The Labute approximate surface area is 236 Å². The minimum Gasteiger partial charge on any atom is -0.492 e. The molecule has 10 heteroatoms. The summed E-state index contributed by atoms with van der Waals surface area (Å²) >= 11 is 0. The molecule has 5 rings (SSSR count). The van der Waals surface area contributed by atoms with Crippen LogP contribution in [0.5, 0.6) is 5.75 Å². The minimum atomic E-state index is -0.332. The number of pyridine rings is 1. The van der Waals surface area contributed by atoms with Crippen LogP contribution in [0.2, 0.25) is 0 Å². The lowest BCUT2D eigenvalue weighted by Crippen LogP contribution is -2.22. The zero-order valence-electron chi connectivity index (χ0n) is 22.6. The lowest BCUT2D eigenvalue weighted by atomic mass is 10.1. The van der Waals surface area contributed by atoms with E-state index in [0.29, 0.717) is 47.4 Å². The summed E-state index contributed by atoms with van der Waals surface area (Å²) in [6.07, 6.45) is 2.03. The Hall–Kier alpha value is -5.25. The van der Waals surface area contributed by atoms with E-state index in [4.69, 9.17) is 4.74 Å². The fourth-order valence-corrected chi connectivity index (χ4v) is 4.27. The molecule has 0 aliphatic heterocycles. The molecule has 208 valence electrons. The summed E-state index contributed by atoms with van der Waals surface area (Å²) in [6, 6.07) is 22.4. The Balaban J connectivity index is 1.28. The van der Waals surface area contributed by atoms with Crippen molar-refractivity contribution in [3.8, 4) is 16.9 Å². The molecule has 0 aliphatic rings. The van der Waals surface area contributed by atoms with Crippen LogP contribution in [0.3, 0.4) is 0 Å². The van der Waals surface area contributed by atoms with Gasteiger partial charge in [-0.05, 0) is 79.6 Å². The van der Waals surface area contributed by atoms with Crippen LogP contribution in [0.4, 0.5) is 21.7 Å². The van der Waals surface area contributed by atoms with Crippen LogP contribution in [-0.2, 0) is 11.2 Å². The summed E-state index contributed by atoms with van der Waals surface area (Å²) in [6.45, 7) is 4.72. The van der Waals surface area contributed by atoms with Crippen LogP contribution >= 0.6 is 0 Å². The van der Waals surface area contributed by atoms with E-state index in [9.17, 15) is 14.0 Å². The second kappa shape index (κ2) is 12.3. The molecule has 9 nitrogen and oxygen atoms in total. The maximum absolute atomic E-state index is 13.1. The van der Waals surface area contributed by atoms with Gasteiger partial charge in [0, 0.05) is 29.6 Å². The number of carbonyl (C=O) groups excluding carboxylic acids is 2. The Morgan fingerprint density at radius 3 is 2.41 bits per heavy atom. The van der Waals surface area contributed by atoms with Crippen LogP contribution in [0.1, 0.15) is 29.8 Å². The molecule has 2 amide bonds. The number of hydrogen-bond donors (Lipinski definition) is 3. The fraction of sp³-hybridized carbons (Fsp3) is 0.161. The first-order valence-corrected chi connectivity index (χ1v) is 13.2. The molecular weight excluding hydrogens is 523 g/mol. The number of nitrogens with zero attached hydrogens (tertiary/aromatic N) is 3. The minimum absolute atomic E-state index is 0.158. The third-order valence-corrected chi connectivity index (χ3v) is 6.24. The van der Waals surface area contributed by atoms with Gasteiger partial charge in [0.15, 0.2) is 5.65 Å². The first kappa shape index (κ1) is 27.3. The topological polar surface area (TPSA) is 110 Å². The highest BCUT2D eigenvalue weighted by Gasteiger charge is 2.13. The van der Waals surface area contributed by atoms with Gasteiger partial charge in [0.25, 0.3) is 5.91 Å². The lowest BCUT2D eigenvalue weighted by molar-refractivity contribution is -0.115. The highest BCUT2D eigenvalue weighted by molar-refractivity contribution is 5.95. The molecule has 0 radical (unpaired) electrons. The van der Waals surface area contributed by atoms with Crippen molar-refractivity contribution in [1.29, 1.82) is 0 Å². The summed E-state index contributed by atoms with van der Waals surface area (Å²) in [4.78, 5) is 29.2. The summed E-state index contributed by atoms with van der Waals surface area (Å²) in [7, 11) is 0. The number of benzene rings is 3. The Morgan fingerprint density at radius 2 is 1.68 bits per heavy atom. The standard InChI is InChI=1S/C31H29FN6O3/c1-3-33-30(40)22-9-15-26(27(18-22)41-4-2)35-31-36-28-16-10-23(19-38(28)37-31)21-7-13-25(14-8-21)34-29(39)17-20-5-11-24(32)12-6-20/h5-16,18-19H,3-4,17H2,1-2H3,(H,33,40)(H,34,39)(H,35,37). The Bertz CT molecular complexity index is 1680.